The molecule has 0 aromatic heterocycles. The van der Waals surface area contributed by atoms with Crippen LogP contribution in [0.2, 0.25) is 0 Å². The standard InChI is InChI=1S/C19H28O4/c1-2-22-18(20)19(16-23-19)13-8-3-4-9-14-21-15-12-17-10-6-5-7-11-17/h5-7,10-11H,2-4,8-9,12-16H2,1H3. The lowest BCUT2D eigenvalue weighted by molar-refractivity contribution is -0.149. The minimum absolute atomic E-state index is 0.191. The first-order chi connectivity index (χ1) is 11.3. The molecule has 1 heterocycles. The second-order valence-corrected chi connectivity index (χ2v) is 6.02. The van der Waals surface area contributed by atoms with Gasteiger partial charge < -0.3 is 14.2 Å². The predicted molar refractivity (Wildman–Crippen MR) is 89.4 cm³/mol. The summed E-state index contributed by atoms with van der Waals surface area (Å²) in [5.74, 6) is -0.191. The van der Waals surface area contributed by atoms with Crippen molar-refractivity contribution in [2.24, 2.45) is 0 Å². The monoisotopic (exact) mass is 320 g/mol. The Balaban J connectivity index is 1.42. The van der Waals surface area contributed by atoms with Gasteiger partial charge in [0, 0.05) is 6.61 Å². The van der Waals surface area contributed by atoms with Gasteiger partial charge in [0.1, 0.15) is 0 Å². The molecular formula is C19H28O4. The molecule has 1 atom stereocenters. The molecule has 4 nitrogen and oxygen atoms in total. The van der Waals surface area contributed by atoms with Crippen molar-refractivity contribution < 1.29 is 19.0 Å². The van der Waals surface area contributed by atoms with Gasteiger partial charge in [0.05, 0.1) is 19.8 Å². The van der Waals surface area contributed by atoms with Gasteiger partial charge in [0.2, 0.25) is 0 Å². The van der Waals surface area contributed by atoms with Crippen LogP contribution in [0.4, 0.5) is 0 Å². The molecule has 0 amide bonds. The number of esters is 1. The lowest BCUT2D eigenvalue weighted by Crippen LogP contribution is -2.27. The number of carbonyl (C=O) groups is 1. The summed E-state index contributed by atoms with van der Waals surface area (Å²) < 4.78 is 16.0. The van der Waals surface area contributed by atoms with Gasteiger partial charge >= 0.3 is 5.97 Å². The Morgan fingerprint density at radius 1 is 1.13 bits per heavy atom. The highest BCUT2D eigenvalue weighted by molar-refractivity contribution is 5.82. The molecule has 0 N–H and O–H groups in total. The topological polar surface area (TPSA) is 48.1 Å². The largest absolute Gasteiger partial charge is 0.464 e. The smallest absolute Gasteiger partial charge is 0.340 e. The molecule has 1 fully saturated rings. The van der Waals surface area contributed by atoms with Crippen LogP contribution in [-0.4, -0.2) is 38.0 Å². The van der Waals surface area contributed by atoms with E-state index in [0.29, 0.717) is 13.2 Å². The van der Waals surface area contributed by atoms with E-state index in [4.69, 9.17) is 14.2 Å². The minimum atomic E-state index is -0.609. The Morgan fingerprint density at radius 2 is 1.87 bits per heavy atom. The van der Waals surface area contributed by atoms with Gasteiger partial charge in [-0.25, -0.2) is 4.79 Å². The molecule has 1 aliphatic rings. The number of hydrogen-bond donors (Lipinski definition) is 0. The first-order valence-electron chi connectivity index (χ1n) is 8.70. The summed E-state index contributed by atoms with van der Waals surface area (Å²) in [6.45, 7) is 4.36. The lowest BCUT2D eigenvalue weighted by Gasteiger charge is -2.10. The van der Waals surface area contributed by atoms with Crippen molar-refractivity contribution in [1.82, 2.24) is 0 Å². The predicted octanol–water partition coefficient (Wildman–Crippen LogP) is 3.53. The Hall–Kier alpha value is -1.39. The molecule has 2 rings (SSSR count). The molecule has 0 bridgehead atoms. The second kappa shape index (κ2) is 9.68. The molecule has 1 aromatic carbocycles. The molecule has 23 heavy (non-hydrogen) atoms. The van der Waals surface area contributed by atoms with E-state index in [1.165, 1.54) is 5.56 Å². The third-order valence-corrected chi connectivity index (χ3v) is 4.14. The molecule has 1 aromatic rings. The molecule has 4 heteroatoms. The fourth-order valence-electron chi connectivity index (χ4n) is 2.62. The summed E-state index contributed by atoms with van der Waals surface area (Å²) in [4.78, 5) is 11.7. The van der Waals surface area contributed by atoms with Gasteiger partial charge in [-0.15, -0.1) is 0 Å². The number of benzene rings is 1. The van der Waals surface area contributed by atoms with Crippen molar-refractivity contribution in [2.75, 3.05) is 26.4 Å². The van der Waals surface area contributed by atoms with E-state index in [9.17, 15) is 4.79 Å². The number of carbonyl (C=O) groups excluding carboxylic acids is 1. The quantitative estimate of drug-likeness (QED) is 0.336. The maximum atomic E-state index is 11.7. The van der Waals surface area contributed by atoms with Crippen LogP contribution in [0, 0.1) is 0 Å². The van der Waals surface area contributed by atoms with Crippen molar-refractivity contribution in [3.63, 3.8) is 0 Å². The SMILES string of the molecule is CCOC(=O)C1(CCCCCCOCCc2ccccc2)CO1. The average Bonchev–Trinajstić information content (AvgIpc) is 3.36. The van der Waals surface area contributed by atoms with Crippen LogP contribution in [0.5, 0.6) is 0 Å². The van der Waals surface area contributed by atoms with Crippen LogP contribution in [0.15, 0.2) is 30.3 Å². The molecule has 1 saturated heterocycles. The maximum Gasteiger partial charge on any atom is 0.340 e. The summed E-state index contributed by atoms with van der Waals surface area (Å²) in [6.07, 6.45) is 6.06. The highest BCUT2D eigenvalue weighted by Crippen LogP contribution is 2.34. The number of rotatable bonds is 12. The second-order valence-electron chi connectivity index (χ2n) is 6.02. The highest BCUT2D eigenvalue weighted by Gasteiger charge is 2.52. The summed E-state index contributed by atoms with van der Waals surface area (Å²) in [5, 5.41) is 0. The molecule has 0 saturated carbocycles. The van der Waals surface area contributed by atoms with E-state index in [1.54, 1.807) is 0 Å². The fraction of sp³-hybridized carbons (Fsp3) is 0.632. The van der Waals surface area contributed by atoms with E-state index < -0.39 is 5.60 Å². The highest BCUT2D eigenvalue weighted by atomic mass is 16.6. The van der Waals surface area contributed by atoms with E-state index in [1.807, 2.05) is 13.0 Å². The van der Waals surface area contributed by atoms with Crippen molar-refractivity contribution in [1.29, 1.82) is 0 Å². The molecule has 0 spiro atoms. The minimum Gasteiger partial charge on any atom is -0.464 e. The van der Waals surface area contributed by atoms with Crippen LogP contribution < -0.4 is 0 Å². The Bertz CT molecular complexity index is 454. The van der Waals surface area contributed by atoms with Crippen LogP contribution in [0.1, 0.15) is 44.6 Å². The zero-order valence-electron chi connectivity index (χ0n) is 14.1. The molecule has 1 aliphatic heterocycles. The molecule has 0 aliphatic carbocycles. The number of ether oxygens (including phenoxy) is 3. The van der Waals surface area contributed by atoms with Gasteiger partial charge in [-0.3, -0.25) is 0 Å². The zero-order chi connectivity index (χ0) is 16.4. The summed E-state index contributed by atoms with van der Waals surface area (Å²) in [7, 11) is 0. The van der Waals surface area contributed by atoms with Gasteiger partial charge in [-0.2, -0.15) is 0 Å². The molecule has 128 valence electrons. The zero-order valence-corrected chi connectivity index (χ0v) is 14.1. The van der Waals surface area contributed by atoms with Crippen LogP contribution >= 0.6 is 0 Å². The van der Waals surface area contributed by atoms with E-state index >= 15 is 0 Å². The number of hydrogen-bond acceptors (Lipinski definition) is 4. The lowest BCUT2D eigenvalue weighted by atomic mass is 10.0. The summed E-state index contributed by atoms with van der Waals surface area (Å²) >= 11 is 0. The van der Waals surface area contributed by atoms with Crippen molar-refractivity contribution in [3.05, 3.63) is 35.9 Å². The molecular weight excluding hydrogens is 292 g/mol. The van der Waals surface area contributed by atoms with Crippen LogP contribution in [-0.2, 0) is 25.4 Å². The normalized spacial score (nSPS) is 19.5. The van der Waals surface area contributed by atoms with Gasteiger partial charge in [0.25, 0.3) is 0 Å². The first kappa shape index (κ1) is 18.0. The van der Waals surface area contributed by atoms with E-state index in [0.717, 1.165) is 51.7 Å². The Morgan fingerprint density at radius 3 is 2.57 bits per heavy atom. The fourth-order valence-corrected chi connectivity index (χ4v) is 2.62. The Labute approximate surface area is 139 Å². The third-order valence-electron chi connectivity index (χ3n) is 4.14. The Kier molecular flexibility index (Phi) is 7.56. The van der Waals surface area contributed by atoms with Crippen molar-refractivity contribution >= 4 is 5.97 Å². The van der Waals surface area contributed by atoms with Crippen LogP contribution in [0.25, 0.3) is 0 Å². The summed E-state index contributed by atoms with van der Waals surface area (Å²) in [6, 6.07) is 10.4. The van der Waals surface area contributed by atoms with Gasteiger partial charge in [-0.1, -0.05) is 43.2 Å². The van der Waals surface area contributed by atoms with Crippen molar-refractivity contribution in [3.8, 4) is 0 Å². The van der Waals surface area contributed by atoms with E-state index in [2.05, 4.69) is 24.3 Å². The molecule has 0 radical (unpaired) electrons. The third kappa shape index (κ3) is 6.32. The van der Waals surface area contributed by atoms with Crippen molar-refractivity contribution in [2.45, 2.75) is 51.0 Å². The molecule has 1 unspecified atom stereocenters. The van der Waals surface area contributed by atoms with E-state index in [-0.39, 0.29) is 5.97 Å². The van der Waals surface area contributed by atoms with Crippen LogP contribution in [0.3, 0.4) is 0 Å². The average molecular weight is 320 g/mol. The van der Waals surface area contributed by atoms with Gasteiger partial charge in [0.15, 0.2) is 5.60 Å². The first-order valence-corrected chi connectivity index (χ1v) is 8.70. The number of unbranched alkanes of at least 4 members (excludes halogenated alkanes) is 3. The summed E-state index contributed by atoms with van der Waals surface area (Å²) in [5.41, 5.74) is 0.712. The maximum absolute atomic E-state index is 11.7. The number of epoxide rings is 1. The van der Waals surface area contributed by atoms with Gasteiger partial charge in [-0.05, 0) is 38.2 Å².